The molecule has 5 heteroatoms. The van der Waals surface area contributed by atoms with Crippen LogP contribution in [0.1, 0.15) is 46.3 Å². The Morgan fingerprint density at radius 2 is 1.93 bits per heavy atom. The maximum Gasteiger partial charge on any atom is 0.314 e. The number of rotatable bonds is 7. The first kappa shape index (κ1) is 21.6. The van der Waals surface area contributed by atoms with Gasteiger partial charge in [0.2, 0.25) is 0 Å². The predicted octanol–water partition coefficient (Wildman–Crippen LogP) is 4.33. The van der Waals surface area contributed by atoms with Crippen LogP contribution in [-0.2, 0) is 9.53 Å². The maximum atomic E-state index is 12.8. The van der Waals surface area contributed by atoms with E-state index in [1.165, 1.54) is 0 Å². The lowest BCUT2D eigenvalue weighted by molar-refractivity contribution is -0.146. The molecule has 2 aromatic rings. The molecule has 1 amide bonds. The molecule has 0 heterocycles. The molecule has 3 rings (SSSR count). The highest BCUT2D eigenvalue weighted by Crippen LogP contribution is 2.35. The molecule has 0 aromatic heterocycles. The van der Waals surface area contributed by atoms with E-state index in [-0.39, 0.29) is 23.8 Å². The van der Waals surface area contributed by atoms with Gasteiger partial charge in [0.05, 0.1) is 19.6 Å². The Bertz CT molecular complexity index is 950. The molecule has 3 atom stereocenters. The lowest BCUT2D eigenvalue weighted by Crippen LogP contribution is -2.34. The van der Waals surface area contributed by atoms with Crippen LogP contribution in [0.4, 0.5) is 0 Å². The van der Waals surface area contributed by atoms with Crippen LogP contribution in [0.3, 0.4) is 0 Å². The number of ether oxygens (including phenoxy) is 2. The number of nitrogens with one attached hydrogen (secondary N) is 1. The minimum absolute atomic E-state index is 0.0689. The van der Waals surface area contributed by atoms with E-state index in [0.29, 0.717) is 24.3 Å². The van der Waals surface area contributed by atoms with E-state index in [1.807, 2.05) is 68.5 Å². The first-order chi connectivity index (χ1) is 14.4. The monoisotopic (exact) mass is 407 g/mol. The van der Waals surface area contributed by atoms with E-state index < -0.39 is 5.92 Å². The third kappa shape index (κ3) is 4.90. The number of methoxy groups -OCH3 is 1. The SMILES string of the molecule is CCOC(=O)C(c1cccc(OC)c1)C1C=CC(NC(=O)c2ccc(C)cc2C)C1. The number of hydrogen-bond donors (Lipinski definition) is 1. The fourth-order valence-corrected chi connectivity index (χ4v) is 4.02. The third-order valence-corrected chi connectivity index (χ3v) is 5.48. The largest absolute Gasteiger partial charge is 0.497 e. The average Bonchev–Trinajstić information content (AvgIpc) is 3.16. The molecule has 0 radical (unpaired) electrons. The van der Waals surface area contributed by atoms with Gasteiger partial charge < -0.3 is 14.8 Å². The molecule has 1 aliphatic rings. The van der Waals surface area contributed by atoms with Crippen LogP contribution in [-0.4, -0.2) is 31.6 Å². The van der Waals surface area contributed by atoms with Gasteiger partial charge >= 0.3 is 5.97 Å². The molecule has 1 N–H and O–H groups in total. The summed E-state index contributed by atoms with van der Waals surface area (Å²) >= 11 is 0. The summed E-state index contributed by atoms with van der Waals surface area (Å²) in [7, 11) is 1.60. The van der Waals surface area contributed by atoms with Crippen molar-refractivity contribution in [2.75, 3.05) is 13.7 Å². The van der Waals surface area contributed by atoms with Gasteiger partial charge in [0, 0.05) is 11.6 Å². The maximum absolute atomic E-state index is 12.8. The molecular weight excluding hydrogens is 378 g/mol. The molecule has 2 aromatic carbocycles. The summed E-state index contributed by atoms with van der Waals surface area (Å²) in [5, 5.41) is 3.08. The second kappa shape index (κ2) is 9.61. The number of amides is 1. The Labute approximate surface area is 178 Å². The van der Waals surface area contributed by atoms with Crippen molar-refractivity contribution in [1.29, 1.82) is 0 Å². The van der Waals surface area contributed by atoms with Crippen molar-refractivity contribution in [3.63, 3.8) is 0 Å². The molecule has 0 saturated heterocycles. The van der Waals surface area contributed by atoms with E-state index in [4.69, 9.17) is 9.47 Å². The average molecular weight is 408 g/mol. The molecule has 0 bridgehead atoms. The van der Waals surface area contributed by atoms with Crippen LogP contribution in [0.5, 0.6) is 5.75 Å². The second-order valence-corrected chi connectivity index (χ2v) is 7.69. The van der Waals surface area contributed by atoms with Gasteiger partial charge in [-0.1, -0.05) is 42.0 Å². The first-order valence-electron chi connectivity index (χ1n) is 10.3. The van der Waals surface area contributed by atoms with Gasteiger partial charge in [0.25, 0.3) is 5.91 Å². The van der Waals surface area contributed by atoms with Crippen LogP contribution in [0.15, 0.2) is 54.6 Å². The van der Waals surface area contributed by atoms with Crippen LogP contribution in [0.25, 0.3) is 0 Å². The summed E-state index contributed by atoms with van der Waals surface area (Å²) in [6.07, 6.45) is 4.61. The zero-order valence-electron chi connectivity index (χ0n) is 18.0. The third-order valence-electron chi connectivity index (χ3n) is 5.48. The molecule has 1 aliphatic carbocycles. The van der Waals surface area contributed by atoms with Crippen molar-refractivity contribution in [3.05, 3.63) is 76.9 Å². The van der Waals surface area contributed by atoms with Gasteiger partial charge in [0.1, 0.15) is 5.75 Å². The lowest BCUT2D eigenvalue weighted by Gasteiger charge is -2.23. The van der Waals surface area contributed by atoms with E-state index in [9.17, 15) is 9.59 Å². The van der Waals surface area contributed by atoms with Crippen LogP contribution < -0.4 is 10.1 Å². The molecule has 30 heavy (non-hydrogen) atoms. The van der Waals surface area contributed by atoms with Crippen LogP contribution in [0.2, 0.25) is 0 Å². The molecule has 5 nitrogen and oxygen atoms in total. The van der Waals surface area contributed by atoms with Crippen molar-refractivity contribution >= 4 is 11.9 Å². The number of allylic oxidation sites excluding steroid dienone is 1. The molecule has 0 fully saturated rings. The first-order valence-corrected chi connectivity index (χ1v) is 10.3. The van der Waals surface area contributed by atoms with E-state index in [0.717, 1.165) is 16.7 Å². The summed E-state index contributed by atoms with van der Waals surface area (Å²) < 4.78 is 10.7. The van der Waals surface area contributed by atoms with Crippen LogP contribution in [0, 0.1) is 19.8 Å². The number of esters is 1. The second-order valence-electron chi connectivity index (χ2n) is 7.69. The lowest BCUT2D eigenvalue weighted by atomic mass is 9.85. The summed E-state index contributed by atoms with van der Waals surface area (Å²) in [5.74, 6) is -0.179. The van der Waals surface area contributed by atoms with Gasteiger partial charge in [-0.05, 0) is 62.4 Å². The number of carbonyl (C=O) groups excluding carboxylic acids is 2. The number of benzene rings is 2. The highest BCUT2D eigenvalue weighted by Gasteiger charge is 2.34. The molecule has 0 saturated carbocycles. The molecular formula is C25H29NO4. The fourth-order valence-electron chi connectivity index (χ4n) is 4.02. The van der Waals surface area contributed by atoms with Crippen molar-refractivity contribution < 1.29 is 19.1 Å². The summed E-state index contributed by atoms with van der Waals surface area (Å²) in [5.41, 5.74) is 3.60. The van der Waals surface area contributed by atoms with E-state index >= 15 is 0 Å². The molecule has 158 valence electrons. The highest BCUT2D eigenvalue weighted by molar-refractivity contribution is 5.96. The minimum atomic E-state index is -0.445. The highest BCUT2D eigenvalue weighted by atomic mass is 16.5. The number of hydrogen-bond acceptors (Lipinski definition) is 4. The van der Waals surface area contributed by atoms with Crippen molar-refractivity contribution in [3.8, 4) is 5.75 Å². The van der Waals surface area contributed by atoms with Gasteiger partial charge in [-0.2, -0.15) is 0 Å². The standard InChI is InChI=1S/C25H29NO4/c1-5-30-25(28)23(18-7-6-8-21(15-18)29-4)19-10-11-20(14-19)26-24(27)22-12-9-16(2)13-17(22)3/h6-13,15,19-20,23H,5,14H2,1-4H3,(H,26,27). The Kier molecular flexibility index (Phi) is 6.93. The van der Waals surface area contributed by atoms with E-state index in [2.05, 4.69) is 5.32 Å². The topological polar surface area (TPSA) is 64.6 Å². The summed E-state index contributed by atoms with van der Waals surface area (Å²) in [4.78, 5) is 25.5. The van der Waals surface area contributed by atoms with Gasteiger partial charge in [-0.3, -0.25) is 9.59 Å². The Morgan fingerprint density at radius 3 is 2.63 bits per heavy atom. The predicted molar refractivity (Wildman–Crippen MR) is 117 cm³/mol. The van der Waals surface area contributed by atoms with E-state index in [1.54, 1.807) is 14.0 Å². The van der Waals surface area contributed by atoms with Gasteiger partial charge in [0.15, 0.2) is 0 Å². The zero-order valence-corrected chi connectivity index (χ0v) is 18.0. The van der Waals surface area contributed by atoms with Crippen molar-refractivity contribution in [2.24, 2.45) is 5.92 Å². The molecule has 0 aliphatic heterocycles. The zero-order chi connectivity index (χ0) is 21.7. The van der Waals surface area contributed by atoms with Gasteiger partial charge in [-0.25, -0.2) is 0 Å². The quantitative estimate of drug-likeness (QED) is 0.548. The number of carbonyl (C=O) groups is 2. The molecule has 0 spiro atoms. The number of aryl methyl sites for hydroxylation is 2. The minimum Gasteiger partial charge on any atom is -0.497 e. The normalized spacial score (nSPS) is 18.7. The van der Waals surface area contributed by atoms with Crippen molar-refractivity contribution in [2.45, 2.75) is 39.2 Å². The molecule has 3 unspecified atom stereocenters. The summed E-state index contributed by atoms with van der Waals surface area (Å²) in [6.45, 7) is 6.07. The Morgan fingerprint density at radius 1 is 1.13 bits per heavy atom. The van der Waals surface area contributed by atoms with Gasteiger partial charge in [-0.15, -0.1) is 0 Å². The fraction of sp³-hybridized carbons (Fsp3) is 0.360. The van der Waals surface area contributed by atoms with Crippen LogP contribution >= 0.6 is 0 Å². The Balaban J connectivity index is 1.75. The van der Waals surface area contributed by atoms with Crippen molar-refractivity contribution in [1.82, 2.24) is 5.32 Å². The Hall–Kier alpha value is -3.08. The summed E-state index contributed by atoms with van der Waals surface area (Å²) in [6, 6.07) is 13.2. The smallest absolute Gasteiger partial charge is 0.314 e.